The van der Waals surface area contributed by atoms with Gasteiger partial charge in [0, 0.05) is 50.3 Å². The molecule has 0 saturated carbocycles. The van der Waals surface area contributed by atoms with Gasteiger partial charge < -0.3 is 29.7 Å². The SMILES string of the molecule is CCc1ccc(C(=O)Nc2cc(C(C)(C)C)cc(NSC)c2OC)cc1Oc1ccnc(N2CCNCC2)n1. The molecule has 1 aliphatic rings. The molecule has 4 rings (SSSR count). The number of nitrogens with one attached hydrogen (secondary N) is 3. The maximum atomic E-state index is 13.5. The lowest BCUT2D eigenvalue weighted by atomic mass is 9.86. The van der Waals surface area contributed by atoms with E-state index in [1.54, 1.807) is 25.4 Å². The number of amides is 1. The number of carbonyl (C=O) groups excluding carboxylic acids is 1. The molecule has 1 fully saturated rings. The van der Waals surface area contributed by atoms with Crippen molar-refractivity contribution in [2.24, 2.45) is 0 Å². The maximum absolute atomic E-state index is 13.5. The van der Waals surface area contributed by atoms with E-state index < -0.39 is 0 Å². The maximum Gasteiger partial charge on any atom is 0.255 e. The number of hydrogen-bond donors (Lipinski definition) is 3. The average Bonchev–Trinajstić information content (AvgIpc) is 2.93. The van der Waals surface area contributed by atoms with Gasteiger partial charge in [-0.05, 0) is 47.2 Å². The fourth-order valence-electron chi connectivity index (χ4n) is 4.36. The monoisotopic (exact) mass is 550 g/mol. The van der Waals surface area contributed by atoms with Crippen molar-refractivity contribution in [2.45, 2.75) is 39.5 Å². The molecule has 1 amide bonds. The summed E-state index contributed by atoms with van der Waals surface area (Å²) in [7, 11) is 1.60. The van der Waals surface area contributed by atoms with Crippen molar-refractivity contribution in [3.05, 3.63) is 59.3 Å². The van der Waals surface area contributed by atoms with Gasteiger partial charge in [-0.2, -0.15) is 4.98 Å². The van der Waals surface area contributed by atoms with Crippen LogP contribution in [0.1, 0.15) is 49.2 Å². The molecule has 0 spiro atoms. The zero-order chi connectivity index (χ0) is 28.0. The third kappa shape index (κ3) is 6.93. The number of carbonyl (C=O) groups is 1. The van der Waals surface area contributed by atoms with E-state index in [0.717, 1.165) is 49.4 Å². The summed E-state index contributed by atoms with van der Waals surface area (Å²) < 4.78 is 15.2. The molecule has 1 aliphatic heterocycles. The van der Waals surface area contributed by atoms with Crippen LogP contribution < -0.4 is 29.7 Å². The van der Waals surface area contributed by atoms with Crippen LogP contribution in [-0.2, 0) is 11.8 Å². The molecular formula is C29H38N6O3S. The number of piperazine rings is 1. The van der Waals surface area contributed by atoms with Gasteiger partial charge in [0.2, 0.25) is 11.8 Å². The molecule has 39 heavy (non-hydrogen) atoms. The van der Waals surface area contributed by atoms with E-state index in [1.807, 2.05) is 24.5 Å². The normalized spacial score (nSPS) is 13.6. The van der Waals surface area contributed by atoms with Crippen LogP contribution in [0.4, 0.5) is 17.3 Å². The van der Waals surface area contributed by atoms with E-state index in [4.69, 9.17) is 9.47 Å². The first-order chi connectivity index (χ1) is 18.7. The summed E-state index contributed by atoms with van der Waals surface area (Å²) in [6, 6.07) is 11.3. The van der Waals surface area contributed by atoms with Crippen molar-refractivity contribution in [1.29, 1.82) is 0 Å². The highest BCUT2D eigenvalue weighted by Gasteiger charge is 2.22. The smallest absolute Gasteiger partial charge is 0.255 e. The van der Waals surface area contributed by atoms with Gasteiger partial charge in [-0.3, -0.25) is 4.79 Å². The lowest BCUT2D eigenvalue weighted by Crippen LogP contribution is -2.44. The van der Waals surface area contributed by atoms with Crippen molar-refractivity contribution in [3.8, 4) is 17.4 Å². The first-order valence-electron chi connectivity index (χ1n) is 13.2. The zero-order valence-electron chi connectivity index (χ0n) is 23.6. The first-order valence-corrected chi connectivity index (χ1v) is 14.4. The summed E-state index contributed by atoms with van der Waals surface area (Å²) in [5, 5.41) is 6.40. The average molecular weight is 551 g/mol. The molecule has 9 nitrogen and oxygen atoms in total. The number of rotatable bonds is 9. The van der Waals surface area contributed by atoms with Crippen LogP contribution >= 0.6 is 11.9 Å². The number of aromatic nitrogens is 2. The van der Waals surface area contributed by atoms with Gasteiger partial charge in [0.05, 0.1) is 18.5 Å². The Hall–Kier alpha value is -3.50. The van der Waals surface area contributed by atoms with E-state index >= 15 is 0 Å². The predicted octanol–water partition coefficient (Wildman–Crippen LogP) is 5.49. The summed E-state index contributed by atoms with van der Waals surface area (Å²) in [5.41, 5.74) is 3.82. The Morgan fingerprint density at radius 2 is 1.87 bits per heavy atom. The van der Waals surface area contributed by atoms with Crippen molar-refractivity contribution < 1.29 is 14.3 Å². The Labute approximate surface area is 235 Å². The molecule has 0 aliphatic carbocycles. The second kappa shape index (κ2) is 12.6. The minimum absolute atomic E-state index is 0.120. The zero-order valence-corrected chi connectivity index (χ0v) is 24.4. The fraction of sp³-hybridized carbons (Fsp3) is 0.414. The van der Waals surface area contributed by atoms with Gasteiger partial charge in [0.15, 0.2) is 5.75 Å². The van der Waals surface area contributed by atoms with Crippen LogP contribution in [0.2, 0.25) is 0 Å². The third-order valence-corrected chi connectivity index (χ3v) is 6.99. The number of anilines is 3. The molecule has 0 atom stereocenters. The number of ether oxygens (including phenoxy) is 2. The van der Waals surface area contributed by atoms with Crippen LogP contribution in [0.15, 0.2) is 42.6 Å². The number of hydrogen-bond acceptors (Lipinski definition) is 9. The summed E-state index contributed by atoms with van der Waals surface area (Å²) >= 11 is 1.47. The van der Waals surface area contributed by atoms with Gasteiger partial charge in [0.25, 0.3) is 5.91 Å². The molecule has 1 aromatic heterocycles. The van der Waals surface area contributed by atoms with Crippen LogP contribution in [-0.4, -0.2) is 55.4 Å². The lowest BCUT2D eigenvalue weighted by molar-refractivity contribution is 0.102. The van der Waals surface area contributed by atoms with Gasteiger partial charge in [0.1, 0.15) is 5.75 Å². The Morgan fingerprint density at radius 3 is 2.54 bits per heavy atom. The van der Waals surface area contributed by atoms with E-state index in [9.17, 15) is 4.79 Å². The van der Waals surface area contributed by atoms with Crippen LogP contribution in [0.3, 0.4) is 0 Å². The highest BCUT2D eigenvalue weighted by Crippen LogP contribution is 2.40. The van der Waals surface area contributed by atoms with Gasteiger partial charge in [-0.15, -0.1) is 0 Å². The summed E-state index contributed by atoms with van der Waals surface area (Å²) in [6.45, 7) is 11.9. The first kappa shape index (κ1) is 28.5. The molecule has 3 aromatic rings. The summed E-state index contributed by atoms with van der Waals surface area (Å²) in [4.78, 5) is 24.7. The van der Waals surface area contributed by atoms with Crippen molar-refractivity contribution >= 4 is 35.2 Å². The van der Waals surface area contributed by atoms with Crippen LogP contribution in [0, 0.1) is 0 Å². The second-order valence-corrected chi connectivity index (χ2v) is 10.9. The van der Waals surface area contributed by atoms with Crippen molar-refractivity contribution in [1.82, 2.24) is 15.3 Å². The summed E-state index contributed by atoms with van der Waals surface area (Å²) in [5.74, 6) is 2.00. The fourth-order valence-corrected chi connectivity index (χ4v) is 4.73. The summed E-state index contributed by atoms with van der Waals surface area (Å²) in [6.07, 6.45) is 4.40. The largest absolute Gasteiger partial charge is 0.492 e. The van der Waals surface area contributed by atoms with E-state index in [0.29, 0.717) is 34.6 Å². The minimum Gasteiger partial charge on any atom is -0.492 e. The minimum atomic E-state index is -0.258. The molecule has 208 valence electrons. The van der Waals surface area contributed by atoms with E-state index in [-0.39, 0.29) is 11.3 Å². The predicted molar refractivity (Wildman–Crippen MR) is 160 cm³/mol. The lowest BCUT2D eigenvalue weighted by Gasteiger charge is -2.27. The van der Waals surface area contributed by atoms with Crippen molar-refractivity contribution in [2.75, 3.05) is 54.5 Å². The Kier molecular flexibility index (Phi) is 9.19. The van der Waals surface area contributed by atoms with Crippen LogP contribution in [0.5, 0.6) is 17.4 Å². The van der Waals surface area contributed by atoms with Gasteiger partial charge in [-0.25, -0.2) is 4.98 Å². The highest BCUT2D eigenvalue weighted by molar-refractivity contribution is 7.99. The third-order valence-electron chi connectivity index (χ3n) is 6.56. The van der Waals surface area contributed by atoms with E-state index in [1.165, 1.54) is 11.9 Å². The number of benzene rings is 2. The standard InChI is InChI=1S/C29H38N6O3S/c1-7-19-8-9-20(16-24(19)38-25-10-11-31-28(33-25)35-14-12-30-13-15-35)27(36)32-22-17-21(29(2,3)4)18-23(34-39-6)26(22)37-5/h8-11,16-18,30,34H,7,12-15H2,1-6H3,(H,32,36). The number of aryl methyl sites for hydroxylation is 1. The molecular weight excluding hydrogens is 512 g/mol. The quantitative estimate of drug-likeness (QED) is 0.299. The van der Waals surface area contributed by atoms with Crippen molar-refractivity contribution in [3.63, 3.8) is 0 Å². The molecule has 10 heteroatoms. The molecule has 0 radical (unpaired) electrons. The Morgan fingerprint density at radius 1 is 1.13 bits per heavy atom. The second-order valence-electron chi connectivity index (χ2n) is 10.3. The van der Waals surface area contributed by atoms with Gasteiger partial charge in [-0.1, -0.05) is 45.7 Å². The molecule has 1 saturated heterocycles. The Bertz CT molecular complexity index is 1300. The van der Waals surface area contributed by atoms with Crippen LogP contribution in [0.25, 0.3) is 0 Å². The molecule has 3 N–H and O–H groups in total. The topological polar surface area (TPSA) is 101 Å². The number of nitrogens with zero attached hydrogens (tertiary/aromatic N) is 3. The molecule has 0 unspecified atom stereocenters. The Balaban J connectivity index is 1.62. The van der Waals surface area contributed by atoms with Gasteiger partial charge >= 0.3 is 0 Å². The number of methoxy groups -OCH3 is 1. The highest BCUT2D eigenvalue weighted by atomic mass is 32.2. The van der Waals surface area contributed by atoms with E-state index in [2.05, 4.69) is 64.0 Å². The molecule has 2 heterocycles. The molecule has 2 aromatic carbocycles. The molecule has 0 bridgehead atoms.